The van der Waals surface area contributed by atoms with Crippen LogP contribution in [-0.2, 0) is 36.1 Å². The van der Waals surface area contributed by atoms with Crippen LogP contribution in [0.2, 0.25) is 0 Å². The summed E-state index contributed by atoms with van der Waals surface area (Å²) in [6, 6.07) is 2.34. The zero-order chi connectivity index (χ0) is 22.2. The second-order valence-electron chi connectivity index (χ2n) is 7.12. The maximum absolute atomic E-state index is 13.2. The van der Waals surface area contributed by atoms with Crippen molar-refractivity contribution in [2.75, 3.05) is 5.75 Å². The molecular weight excluding hydrogens is 454 g/mol. The third-order valence-electron chi connectivity index (χ3n) is 4.95. The lowest BCUT2D eigenvalue weighted by molar-refractivity contribution is -0.138. The molecule has 1 amide bonds. The van der Waals surface area contributed by atoms with Crippen LogP contribution in [0.15, 0.2) is 23.0 Å². The maximum Gasteiger partial charge on any atom is 0.416 e. The van der Waals surface area contributed by atoms with Crippen molar-refractivity contribution in [1.82, 2.24) is 15.3 Å². The van der Waals surface area contributed by atoms with E-state index in [4.69, 9.17) is 0 Å². The molecule has 0 unspecified atom stereocenters. The number of aromatic nitrogens is 2. The van der Waals surface area contributed by atoms with E-state index in [2.05, 4.69) is 15.3 Å². The average molecular weight is 472 g/mol. The summed E-state index contributed by atoms with van der Waals surface area (Å²) >= 11 is 2.71. The fraction of sp³-hybridized carbons (Fsp3) is 0.350. The molecule has 0 radical (unpaired) electrons. The third kappa shape index (κ3) is 4.77. The largest absolute Gasteiger partial charge is 0.416 e. The molecule has 11 heteroatoms. The Kier molecular flexibility index (Phi) is 6.07. The van der Waals surface area contributed by atoms with Crippen LogP contribution in [-0.4, -0.2) is 21.6 Å². The number of amides is 1. The van der Waals surface area contributed by atoms with Gasteiger partial charge in [0.05, 0.1) is 22.5 Å². The number of thiophene rings is 1. The molecule has 2 heterocycles. The maximum atomic E-state index is 13.2. The van der Waals surface area contributed by atoms with Crippen molar-refractivity contribution >= 4 is 39.2 Å². The first-order valence-corrected chi connectivity index (χ1v) is 11.4. The first kappa shape index (κ1) is 21.8. The third-order valence-corrected chi connectivity index (χ3v) is 7.08. The number of rotatable bonds is 6. The van der Waals surface area contributed by atoms with E-state index < -0.39 is 23.5 Å². The number of H-pyrrole nitrogens is 1. The second-order valence-corrected chi connectivity index (χ2v) is 9.19. The highest BCUT2D eigenvalue weighted by Gasteiger charge is 2.33. The molecular formula is C20H17F4N3O2S2. The van der Waals surface area contributed by atoms with Crippen molar-refractivity contribution in [3.8, 4) is 0 Å². The lowest BCUT2D eigenvalue weighted by Crippen LogP contribution is -2.26. The highest BCUT2D eigenvalue weighted by molar-refractivity contribution is 7.99. The van der Waals surface area contributed by atoms with Gasteiger partial charge in [-0.15, -0.1) is 23.1 Å². The Morgan fingerprint density at radius 1 is 1.29 bits per heavy atom. The van der Waals surface area contributed by atoms with Gasteiger partial charge < -0.3 is 10.3 Å². The Hall–Kier alpha value is -2.40. The number of hydrogen-bond acceptors (Lipinski definition) is 5. The molecule has 1 aromatic carbocycles. The minimum absolute atomic E-state index is 0.0226. The lowest BCUT2D eigenvalue weighted by atomic mass is 10.1. The van der Waals surface area contributed by atoms with Crippen molar-refractivity contribution in [3.63, 3.8) is 0 Å². The van der Waals surface area contributed by atoms with Crippen LogP contribution in [0.3, 0.4) is 0 Å². The average Bonchev–Trinajstić information content (AvgIpc) is 3.27. The van der Waals surface area contributed by atoms with Gasteiger partial charge in [0.1, 0.15) is 16.5 Å². The second kappa shape index (κ2) is 8.62. The number of carbonyl (C=O) groups excluding carboxylic acids is 1. The minimum atomic E-state index is -4.71. The summed E-state index contributed by atoms with van der Waals surface area (Å²) in [6.45, 7) is -0.365. The van der Waals surface area contributed by atoms with Crippen molar-refractivity contribution in [3.05, 3.63) is 61.8 Å². The molecule has 164 valence electrons. The number of halogens is 4. The van der Waals surface area contributed by atoms with Crippen LogP contribution in [0, 0.1) is 5.82 Å². The van der Waals surface area contributed by atoms with Gasteiger partial charge in [0.15, 0.2) is 0 Å². The highest BCUT2D eigenvalue weighted by atomic mass is 32.2. The van der Waals surface area contributed by atoms with Crippen molar-refractivity contribution in [1.29, 1.82) is 0 Å². The van der Waals surface area contributed by atoms with Gasteiger partial charge in [0, 0.05) is 11.4 Å². The Morgan fingerprint density at radius 2 is 2.10 bits per heavy atom. The molecule has 4 rings (SSSR count). The van der Waals surface area contributed by atoms with E-state index in [1.807, 2.05) is 0 Å². The van der Waals surface area contributed by atoms with Crippen LogP contribution in [0.25, 0.3) is 10.2 Å². The summed E-state index contributed by atoms with van der Waals surface area (Å²) in [4.78, 5) is 33.6. The molecule has 0 fully saturated rings. The van der Waals surface area contributed by atoms with E-state index in [9.17, 15) is 27.2 Å². The van der Waals surface area contributed by atoms with E-state index in [1.54, 1.807) is 0 Å². The summed E-state index contributed by atoms with van der Waals surface area (Å²) < 4.78 is 52.2. The summed E-state index contributed by atoms with van der Waals surface area (Å²) in [7, 11) is 0. The highest BCUT2D eigenvalue weighted by Crippen LogP contribution is 2.35. The molecule has 31 heavy (non-hydrogen) atoms. The zero-order valence-corrected chi connectivity index (χ0v) is 17.7. The zero-order valence-electron chi connectivity index (χ0n) is 16.1. The molecule has 1 aliphatic carbocycles. The first-order chi connectivity index (χ1) is 14.7. The number of aryl methyl sites for hydroxylation is 2. The van der Waals surface area contributed by atoms with Gasteiger partial charge in [-0.3, -0.25) is 9.59 Å². The monoisotopic (exact) mass is 471 g/mol. The fourth-order valence-electron chi connectivity index (χ4n) is 3.57. The van der Waals surface area contributed by atoms with Gasteiger partial charge >= 0.3 is 6.18 Å². The van der Waals surface area contributed by atoms with Crippen molar-refractivity contribution in [2.45, 2.75) is 37.7 Å². The van der Waals surface area contributed by atoms with Crippen LogP contribution in [0.1, 0.15) is 33.8 Å². The predicted molar refractivity (Wildman–Crippen MR) is 112 cm³/mol. The number of benzene rings is 1. The van der Waals surface area contributed by atoms with E-state index in [-0.39, 0.29) is 29.2 Å². The van der Waals surface area contributed by atoms with Gasteiger partial charge in [-0.1, -0.05) is 6.07 Å². The van der Waals surface area contributed by atoms with Gasteiger partial charge in [-0.2, -0.15) is 13.2 Å². The molecule has 3 aromatic rings. The quantitative estimate of drug-likeness (QED) is 0.529. The molecule has 0 aliphatic heterocycles. The number of nitrogens with zero attached hydrogens (tertiary/aromatic N) is 1. The van der Waals surface area contributed by atoms with Crippen LogP contribution in [0.4, 0.5) is 17.6 Å². The van der Waals surface area contributed by atoms with Crippen LogP contribution >= 0.6 is 23.1 Å². The first-order valence-electron chi connectivity index (χ1n) is 9.46. The van der Waals surface area contributed by atoms with Gasteiger partial charge in [0.25, 0.3) is 5.56 Å². The molecule has 1 aliphatic rings. The molecule has 0 atom stereocenters. The Balaban J connectivity index is 1.34. The SMILES string of the molecule is O=C(CSCc1nc2sc3c(c2c(=O)[nH]1)CCC3)NCc1ccc(F)cc1C(F)(F)F. The molecule has 2 aromatic heterocycles. The van der Waals surface area contributed by atoms with E-state index >= 15 is 0 Å². The topological polar surface area (TPSA) is 74.8 Å². The summed E-state index contributed by atoms with van der Waals surface area (Å²) in [5.74, 6) is -0.752. The molecule has 5 nitrogen and oxygen atoms in total. The Bertz CT molecular complexity index is 1200. The summed E-state index contributed by atoms with van der Waals surface area (Å²) in [6.07, 6.45) is -1.82. The van der Waals surface area contributed by atoms with E-state index in [0.717, 1.165) is 37.0 Å². The molecule has 0 spiro atoms. The number of nitrogens with one attached hydrogen (secondary N) is 2. The fourth-order valence-corrected chi connectivity index (χ4v) is 5.57. The van der Waals surface area contributed by atoms with Gasteiger partial charge in [-0.05, 0) is 42.5 Å². The molecule has 2 N–H and O–H groups in total. The van der Waals surface area contributed by atoms with Gasteiger partial charge in [-0.25, -0.2) is 9.37 Å². The number of aromatic amines is 1. The number of carbonyl (C=O) groups is 1. The van der Waals surface area contributed by atoms with E-state index in [1.165, 1.54) is 28.0 Å². The van der Waals surface area contributed by atoms with Crippen LogP contribution in [0.5, 0.6) is 0 Å². The van der Waals surface area contributed by atoms with Gasteiger partial charge in [0.2, 0.25) is 5.91 Å². The van der Waals surface area contributed by atoms with E-state index in [0.29, 0.717) is 22.1 Å². The van der Waals surface area contributed by atoms with Crippen LogP contribution < -0.4 is 10.9 Å². The lowest BCUT2D eigenvalue weighted by Gasteiger charge is -2.13. The number of thioether (sulfide) groups is 1. The number of fused-ring (bicyclic) bond motifs is 3. The number of alkyl halides is 3. The predicted octanol–water partition coefficient (Wildman–Crippen LogP) is 4.18. The van der Waals surface area contributed by atoms with Crippen molar-refractivity contribution < 1.29 is 22.4 Å². The minimum Gasteiger partial charge on any atom is -0.351 e. The Labute approximate surface area is 182 Å². The summed E-state index contributed by atoms with van der Waals surface area (Å²) in [5.41, 5.74) is -0.417. The molecule has 0 saturated heterocycles. The molecule has 0 bridgehead atoms. The number of hydrogen-bond donors (Lipinski definition) is 2. The normalized spacial score (nSPS) is 13.5. The Morgan fingerprint density at radius 3 is 2.87 bits per heavy atom. The molecule has 0 saturated carbocycles. The standard InChI is InChI=1S/C20H17F4N3O2S2/c21-11-5-4-10(13(6-11)20(22,23)24)7-25-16(28)9-30-8-15-26-18(29)17-12-2-1-3-14(12)31-19(17)27-15/h4-6H,1-3,7-9H2,(H,25,28)(H,26,27,29). The van der Waals surface area contributed by atoms with Crippen molar-refractivity contribution in [2.24, 2.45) is 0 Å². The summed E-state index contributed by atoms with van der Waals surface area (Å²) in [5, 5.41) is 3.07. The smallest absolute Gasteiger partial charge is 0.351 e.